The number of hydrogen-bond acceptors (Lipinski definition) is 5. The van der Waals surface area contributed by atoms with Gasteiger partial charge in [0, 0.05) is 38.2 Å². The van der Waals surface area contributed by atoms with Crippen molar-refractivity contribution in [1.82, 2.24) is 4.90 Å². The summed E-state index contributed by atoms with van der Waals surface area (Å²) in [5, 5.41) is 0. The lowest BCUT2D eigenvalue weighted by Crippen LogP contribution is -2.44. The summed E-state index contributed by atoms with van der Waals surface area (Å²) in [4.78, 5) is 2.23. The highest BCUT2D eigenvalue weighted by Crippen LogP contribution is 2.16. The van der Waals surface area contributed by atoms with Gasteiger partial charge in [0.2, 0.25) is 0 Å². The van der Waals surface area contributed by atoms with Crippen LogP contribution >= 0.6 is 0 Å². The van der Waals surface area contributed by atoms with Crippen LogP contribution in [0.5, 0.6) is 0 Å². The van der Waals surface area contributed by atoms with Crippen molar-refractivity contribution in [3.05, 3.63) is 0 Å². The molecule has 1 aliphatic rings. The van der Waals surface area contributed by atoms with Gasteiger partial charge in [-0.15, -0.1) is 3.77 Å². The third-order valence-electron chi connectivity index (χ3n) is 3.54. The average Bonchev–Trinajstić information content (AvgIpc) is 2.28. The number of methoxy groups -OCH3 is 1. The maximum atomic E-state index is 12.3. The topological polar surface area (TPSA) is 76.0 Å². The van der Waals surface area contributed by atoms with Gasteiger partial charge in [0.05, 0.1) is 22.6 Å². The molecule has 1 fully saturated rings. The molecule has 0 spiro atoms. The number of sulfonamides is 1. The minimum Gasteiger partial charge on any atom is -0.384 e. The van der Waals surface area contributed by atoms with E-state index < -0.39 is 19.8 Å². The molecule has 6 nitrogen and oxygen atoms in total. The number of hydrogen-bond donors (Lipinski definition) is 0. The zero-order valence-electron chi connectivity index (χ0n) is 12.7. The van der Waals surface area contributed by atoms with Gasteiger partial charge in [-0.3, -0.25) is 0 Å². The highest BCUT2D eigenvalue weighted by atomic mass is 32.3. The van der Waals surface area contributed by atoms with E-state index in [1.54, 1.807) is 7.11 Å². The van der Waals surface area contributed by atoms with Crippen molar-refractivity contribution in [3.8, 4) is 0 Å². The van der Waals surface area contributed by atoms with Gasteiger partial charge in [-0.05, 0) is 11.8 Å². The largest absolute Gasteiger partial charge is 0.384 e. The molecule has 1 aliphatic heterocycles. The van der Waals surface area contributed by atoms with Crippen LogP contribution in [0.1, 0.15) is 13.8 Å². The molecule has 0 amide bonds. The molecule has 0 saturated carbocycles. The van der Waals surface area contributed by atoms with Gasteiger partial charge in [0.15, 0.2) is 0 Å². The summed E-state index contributed by atoms with van der Waals surface area (Å²) in [6, 6.07) is 0. The fraction of sp³-hybridized carbons (Fsp3) is 1.00. The standard InChI is InChI=1S/C12H26N2O4S2/c1-11(2)12(10-18-3)9-14-5-7-20(17,8-6-14)13-19(4,15)16/h11-12H,5-10H2,1-4H3. The summed E-state index contributed by atoms with van der Waals surface area (Å²) in [7, 11) is -4.42. The summed E-state index contributed by atoms with van der Waals surface area (Å²) < 4.78 is 43.4. The predicted molar refractivity (Wildman–Crippen MR) is 81.8 cm³/mol. The van der Waals surface area contributed by atoms with E-state index in [2.05, 4.69) is 22.5 Å². The molecule has 1 atom stereocenters. The van der Waals surface area contributed by atoms with E-state index in [1.807, 2.05) is 0 Å². The molecule has 8 heteroatoms. The molecule has 20 heavy (non-hydrogen) atoms. The van der Waals surface area contributed by atoms with Crippen molar-refractivity contribution in [1.29, 1.82) is 0 Å². The second-order valence-corrected chi connectivity index (χ2v) is 10.2. The average molecular weight is 326 g/mol. The molecule has 0 aliphatic carbocycles. The molecule has 120 valence electrons. The van der Waals surface area contributed by atoms with Crippen molar-refractivity contribution in [2.45, 2.75) is 13.8 Å². The van der Waals surface area contributed by atoms with E-state index >= 15 is 0 Å². The summed E-state index contributed by atoms with van der Waals surface area (Å²) in [6.45, 7) is 7.18. The molecule has 1 rings (SSSR count). The molecule has 0 aromatic rings. The van der Waals surface area contributed by atoms with Gasteiger partial charge in [0.25, 0.3) is 10.0 Å². The lowest BCUT2D eigenvalue weighted by Gasteiger charge is -2.32. The van der Waals surface area contributed by atoms with Gasteiger partial charge in [-0.1, -0.05) is 13.8 Å². The van der Waals surface area contributed by atoms with Crippen LogP contribution in [0.3, 0.4) is 0 Å². The van der Waals surface area contributed by atoms with E-state index in [9.17, 15) is 12.6 Å². The molecular formula is C12H26N2O4S2. The van der Waals surface area contributed by atoms with Crippen LogP contribution in [-0.2, 0) is 24.5 Å². The summed E-state index contributed by atoms with van der Waals surface area (Å²) in [6.07, 6.45) is 0.999. The molecule has 0 aromatic carbocycles. The first-order valence-corrected chi connectivity index (χ1v) is 10.5. The molecule has 0 aromatic heterocycles. The Kier molecular flexibility index (Phi) is 6.43. The molecule has 1 heterocycles. The van der Waals surface area contributed by atoms with E-state index in [0.717, 1.165) is 12.8 Å². The first-order valence-electron chi connectivity index (χ1n) is 6.80. The predicted octanol–water partition coefficient (Wildman–Crippen LogP) is 0.648. The SMILES string of the molecule is COCC(CN1CCS(=O)(=NS(C)(=O)=O)CC1)C(C)C. The molecule has 1 unspecified atom stereocenters. The second kappa shape index (κ2) is 7.20. The first kappa shape index (κ1) is 17.9. The molecule has 0 radical (unpaired) electrons. The van der Waals surface area contributed by atoms with Crippen LogP contribution < -0.4 is 0 Å². The van der Waals surface area contributed by atoms with E-state index in [-0.39, 0.29) is 0 Å². The zero-order chi connectivity index (χ0) is 15.4. The normalized spacial score (nSPS) is 21.9. The van der Waals surface area contributed by atoms with Gasteiger partial charge in [-0.2, -0.15) is 0 Å². The van der Waals surface area contributed by atoms with Crippen molar-refractivity contribution in [2.24, 2.45) is 15.6 Å². The third-order valence-corrected chi connectivity index (χ3v) is 7.35. The molecule has 0 bridgehead atoms. The minimum atomic E-state index is -3.53. The quantitative estimate of drug-likeness (QED) is 0.716. The number of nitrogens with zero attached hydrogens (tertiary/aromatic N) is 2. The van der Waals surface area contributed by atoms with Crippen molar-refractivity contribution >= 4 is 19.8 Å². The first-order chi connectivity index (χ1) is 9.15. The van der Waals surface area contributed by atoms with Crippen molar-refractivity contribution in [3.63, 3.8) is 0 Å². The highest BCUT2D eigenvalue weighted by molar-refractivity contribution is 8.03. The van der Waals surface area contributed by atoms with E-state index in [1.165, 1.54) is 0 Å². The van der Waals surface area contributed by atoms with E-state index in [4.69, 9.17) is 4.74 Å². The smallest absolute Gasteiger partial charge is 0.257 e. The Morgan fingerprint density at radius 2 is 1.85 bits per heavy atom. The third kappa shape index (κ3) is 6.07. The van der Waals surface area contributed by atoms with Crippen LogP contribution in [0.2, 0.25) is 0 Å². The maximum Gasteiger partial charge on any atom is 0.257 e. The molecule has 1 saturated heterocycles. The Bertz CT molecular complexity index is 508. The van der Waals surface area contributed by atoms with Gasteiger partial charge >= 0.3 is 0 Å². The van der Waals surface area contributed by atoms with Crippen LogP contribution in [0.25, 0.3) is 0 Å². The van der Waals surface area contributed by atoms with Crippen molar-refractivity contribution < 1.29 is 17.4 Å². The van der Waals surface area contributed by atoms with Gasteiger partial charge < -0.3 is 9.64 Å². The fourth-order valence-electron chi connectivity index (χ4n) is 2.26. The molecule has 0 N–H and O–H groups in total. The zero-order valence-corrected chi connectivity index (χ0v) is 14.4. The van der Waals surface area contributed by atoms with Gasteiger partial charge in [-0.25, -0.2) is 12.6 Å². The van der Waals surface area contributed by atoms with Crippen LogP contribution in [0.15, 0.2) is 3.77 Å². The monoisotopic (exact) mass is 326 g/mol. The minimum absolute atomic E-state index is 0.331. The Morgan fingerprint density at radius 1 is 1.30 bits per heavy atom. The molecular weight excluding hydrogens is 300 g/mol. The lowest BCUT2D eigenvalue weighted by atomic mass is 9.96. The second-order valence-electron chi connectivity index (χ2n) is 5.75. The number of ether oxygens (including phenoxy) is 1. The summed E-state index contributed by atoms with van der Waals surface area (Å²) in [5.74, 6) is 1.61. The summed E-state index contributed by atoms with van der Waals surface area (Å²) in [5.41, 5.74) is 0. The van der Waals surface area contributed by atoms with Crippen LogP contribution in [0.4, 0.5) is 0 Å². The fourth-order valence-corrected chi connectivity index (χ4v) is 6.12. The Morgan fingerprint density at radius 3 is 2.25 bits per heavy atom. The Labute approximate surface area is 123 Å². The van der Waals surface area contributed by atoms with Crippen LogP contribution in [0, 0.1) is 11.8 Å². The van der Waals surface area contributed by atoms with E-state index in [0.29, 0.717) is 43.0 Å². The Balaban J connectivity index is 2.63. The lowest BCUT2D eigenvalue weighted by molar-refractivity contribution is 0.0997. The van der Waals surface area contributed by atoms with Crippen molar-refractivity contribution in [2.75, 3.05) is 51.1 Å². The number of rotatable bonds is 6. The van der Waals surface area contributed by atoms with Gasteiger partial charge in [0.1, 0.15) is 0 Å². The summed E-state index contributed by atoms with van der Waals surface area (Å²) >= 11 is 0. The maximum absolute atomic E-state index is 12.3. The highest BCUT2D eigenvalue weighted by Gasteiger charge is 2.25. The Hall–Kier alpha value is -0.180. The van der Waals surface area contributed by atoms with Crippen LogP contribution in [-0.4, -0.2) is 68.6 Å².